The van der Waals surface area contributed by atoms with Crippen LogP contribution in [0.1, 0.15) is 90.5 Å². The standard InChI is InChI=1S/C62H51N/c1-60(2)52-25-11-13-27-54(52)62(55-28-14-12-26-53(55)60)51-24-10-7-21-47(51)49-22-16-30-58(59(49)62)63(57-29-15-8-19-45(57)41-17-4-3-5-18-41)44-31-32-48-46-20-6-9-23-50(46)61(56(48)38-44)42-34-39-33-40(36-42)37-43(61)35-39/h3-32,38-40,42-43H,33-37H2,1-2H3. The fourth-order valence-electron chi connectivity index (χ4n) is 15.3. The number of fused-ring (bicyclic) bond motifs is 12. The van der Waals surface area contributed by atoms with E-state index in [-0.39, 0.29) is 10.8 Å². The molecule has 1 heteroatoms. The first-order valence-corrected chi connectivity index (χ1v) is 23.6. The quantitative estimate of drug-likeness (QED) is 0.171. The van der Waals surface area contributed by atoms with Gasteiger partial charge in [-0.2, -0.15) is 0 Å². The summed E-state index contributed by atoms with van der Waals surface area (Å²) in [6.07, 6.45) is 6.93. The van der Waals surface area contributed by atoms with E-state index in [9.17, 15) is 0 Å². The minimum Gasteiger partial charge on any atom is -0.310 e. The first-order valence-electron chi connectivity index (χ1n) is 23.6. The molecule has 0 heterocycles. The van der Waals surface area contributed by atoms with E-state index in [0.717, 1.165) is 11.8 Å². The number of hydrogen-bond donors (Lipinski definition) is 0. The molecule has 4 saturated carbocycles. The van der Waals surface area contributed by atoms with E-state index >= 15 is 0 Å². The fraction of sp³-hybridized carbons (Fsp3) is 0.226. The molecule has 8 aromatic rings. The lowest BCUT2D eigenvalue weighted by Gasteiger charge is -2.61. The maximum atomic E-state index is 2.69. The Morgan fingerprint density at radius 1 is 0.381 bits per heavy atom. The molecule has 0 amide bonds. The van der Waals surface area contributed by atoms with Crippen LogP contribution in [0.4, 0.5) is 17.1 Å². The Morgan fingerprint density at radius 2 is 0.873 bits per heavy atom. The monoisotopic (exact) mass is 809 g/mol. The Kier molecular flexibility index (Phi) is 7.35. The van der Waals surface area contributed by atoms with Crippen LogP contribution in [0, 0.1) is 23.7 Å². The van der Waals surface area contributed by atoms with Crippen molar-refractivity contribution in [3.63, 3.8) is 0 Å². The first-order chi connectivity index (χ1) is 31.0. The summed E-state index contributed by atoms with van der Waals surface area (Å²) in [5, 5.41) is 0. The maximum Gasteiger partial charge on any atom is 0.0740 e. The summed E-state index contributed by atoms with van der Waals surface area (Å²) in [5.41, 5.74) is 22.6. The number of rotatable bonds is 4. The molecule has 2 spiro atoms. The maximum absolute atomic E-state index is 2.69. The van der Waals surface area contributed by atoms with Crippen LogP contribution < -0.4 is 4.90 Å². The van der Waals surface area contributed by atoms with Gasteiger partial charge in [0.1, 0.15) is 0 Å². The van der Waals surface area contributed by atoms with Gasteiger partial charge in [-0.25, -0.2) is 0 Å². The molecule has 4 fully saturated rings. The Balaban J connectivity index is 1.10. The lowest BCUT2D eigenvalue weighted by molar-refractivity contribution is -0.0399. The third-order valence-electron chi connectivity index (χ3n) is 17.3. The molecule has 4 bridgehead atoms. The zero-order valence-electron chi connectivity index (χ0n) is 36.2. The van der Waals surface area contributed by atoms with E-state index in [4.69, 9.17) is 0 Å². The van der Waals surface area contributed by atoms with Crippen molar-refractivity contribution < 1.29 is 0 Å². The van der Waals surface area contributed by atoms with Gasteiger partial charge < -0.3 is 4.90 Å². The largest absolute Gasteiger partial charge is 0.310 e. The van der Waals surface area contributed by atoms with Gasteiger partial charge in [0.15, 0.2) is 0 Å². The van der Waals surface area contributed by atoms with Gasteiger partial charge in [-0.1, -0.05) is 178 Å². The van der Waals surface area contributed by atoms with Crippen molar-refractivity contribution in [1.29, 1.82) is 0 Å². The highest BCUT2D eigenvalue weighted by molar-refractivity contribution is 5.98. The van der Waals surface area contributed by atoms with Crippen LogP contribution in [0.3, 0.4) is 0 Å². The lowest BCUT2D eigenvalue weighted by Crippen LogP contribution is -2.55. The highest BCUT2D eigenvalue weighted by Crippen LogP contribution is 2.70. The SMILES string of the molecule is CC1(C)c2ccccc2C2(c3ccccc3-c3cccc(N(c4ccc5c(c4)C4(c6ccccc6-5)C5CC6CC(C5)CC4C6)c4ccccc4-c4ccccc4)c32)c2ccccc21. The first kappa shape index (κ1) is 36.1. The number of nitrogens with zero attached hydrogens (tertiary/aromatic N) is 1. The highest BCUT2D eigenvalue weighted by Gasteiger charge is 2.62. The summed E-state index contributed by atoms with van der Waals surface area (Å²) >= 11 is 0. The molecule has 0 saturated heterocycles. The average molecular weight is 810 g/mol. The minimum atomic E-state index is -0.541. The van der Waals surface area contributed by atoms with Crippen molar-refractivity contribution in [3.8, 4) is 33.4 Å². The van der Waals surface area contributed by atoms with Gasteiger partial charge >= 0.3 is 0 Å². The summed E-state index contributed by atoms with van der Waals surface area (Å²) in [7, 11) is 0. The van der Waals surface area contributed by atoms with E-state index in [1.54, 1.807) is 11.1 Å². The molecule has 7 aliphatic rings. The summed E-state index contributed by atoms with van der Waals surface area (Å²) in [5.74, 6) is 3.16. The zero-order valence-corrected chi connectivity index (χ0v) is 36.2. The lowest BCUT2D eigenvalue weighted by atomic mass is 9.43. The van der Waals surface area contributed by atoms with Crippen molar-refractivity contribution >= 4 is 17.1 Å². The van der Waals surface area contributed by atoms with E-state index in [2.05, 4.69) is 207 Å². The third-order valence-corrected chi connectivity index (χ3v) is 17.3. The highest BCUT2D eigenvalue weighted by atomic mass is 15.2. The molecule has 0 unspecified atom stereocenters. The molecular formula is C62H51N. The molecule has 8 aromatic carbocycles. The average Bonchev–Trinajstić information content (AvgIpc) is 3.79. The van der Waals surface area contributed by atoms with Crippen molar-refractivity contribution in [2.45, 2.75) is 62.2 Å². The van der Waals surface area contributed by atoms with E-state index < -0.39 is 5.41 Å². The number of hydrogen-bond acceptors (Lipinski definition) is 1. The molecule has 1 nitrogen and oxygen atoms in total. The van der Waals surface area contributed by atoms with Crippen molar-refractivity contribution in [3.05, 3.63) is 233 Å². The smallest absolute Gasteiger partial charge is 0.0740 e. The Morgan fingerprint density at radius 3 is 1.54 bits per heavy atom. The van der Waals surface area contributed by atoms with E-state index in [1.165, 1.54) is 116 Å². The van der Waals surface area contributed by atoms with Crippen LogP contribution in [-0.4, -0.2) is 0 Å². The molecule has 304 valence electrons. The summed E-state index contributed by atoms with van der Waals surface area (Å²) in [6.45, 7) is 4.85. The van der Waals surface area contributed by atoms with Crippen molar-refractivity contribution in [1.82, 2.24) is 0 Å². The molecule has 0 N–H and O–H groups in total. The van der Waals surface area contributed by atoms with Crippen LogP contribution in [0.2, 0.25) is 0 Å². The Bertz CT molecular complexity index is 3110. The second kappa shape index (κ2) is 12.8. The summed E-state index contributed by atoms with van der Waals surface area (Å²) < 4.78 is 0. The van der Waals surface area contributed by atoms with Crippen LogP contribution >= 0.6 is 0 Å². The second-order valence-electron chi connectivity index (χ2n) is 20.4. The Hall–Kier alpha value is -6.44. The Labute approximate surface area is 372 Å². The fourth-order valence-corrected chi connectivity index (χ4v) is 15.3. The number of benzene rings is 8. The van der Waals surface area contributed by atoms with Crippen molar-refractivity contribution in [2.24, 2.45) is 23.7 Å². The molecule has 0 aliphatic heterocycles. The molecule has 63 heavy (non-hydrogen) atoms. The van der Waals surface area contributed by atoms with Gasteiger partial charge in [-0.05, 0) is 147 Å². The van der Waals surface area contributed by atoms with Crippen LogP contribution in [0.15, 0.2) is 188 Å². The van der Waals surface area contributed by atoms with Gasteiger partial charge in [-0.3, -0.25) is 0 Å². The molecule has 0 radical (unpaired) electrons. The summed E-state index contributed by atoms with van der Waals surface area (Å²) in [4.78, 5) is 2.69. The van der Waals surface area contributed by atoms with Gasteiger partial charge in [-0.15, -0.1) is 0 Å². The topological polar surface area (TPSA) is 3.24 Å². The molecule has 0 aromatic heterocycles. The van der Waals surface area contributed by atoms with Gasteiger partial charge in [0, 0.05) is 27.6 Å². The van der Waals surface area contributed by atoms with Gasteiger partial charge in [0.2, 0.25) is 0 Å². The predicted octanol–water partition coefficient (Wildman–Crippen LogP) is 15.5. The minimum absolute atomic E-state index is 0.0584. The van der Waals surface area contributed by atoms with Crippen LogP contribution in [0.25, 0.3) is 33.4 Å². The van der Waals surface area contributed by atoms with Crippen LogP contribution in [0.5, 0.6) is 0 Å². The number of anilines is 3. The van der Waals surface area contributed by atoms with Gasteiger partial charge in [0.25, 0.3) is 0 Å². The molecule has 7 aliphatic carbocycles. The molecule has 0 atom stereocenters. The summed E-state index contributed by atoms with van der Waals surface area (Å²) in [6, 6.07) is 72.7. The van der Waals surface area contributed by atoms with E-state index in [1.807, 2.05) is 0 Å². The molecule has 15 rings (SSSR count). The third kappa shape index (κ3) is 4.53. The second-order valence-corrected chi connectivity index (χ2v) is 20.4. The van der Waals surface area contributed by atoms with Gasteiger partial charge in [0.05, 0.1) is 16.8 Å². The van der Waals surface area contributed by atoms with Crippen molar-refractivity contribution in [2.75, 3.05) is 4.90 Å². The number of para-hydroxylation sites is 1. The zero-order chi connectivity index (χ0) is 41.7. The predicted molar refractivity (Wildman–Crippen MR) is 259 cm³/mol. The normalized spacial score (nSPS) is 24.0. The molecular weight excluding hydrogens is 759 g/mol. The van der Waals surface area contributed by atoms with Crippen LogP contribution in [-0.2, 0) is 16.2 Å². The van der Waals surface area contributed by atoms with E-state index in [0.29, 0.717) is 11.8 Å².